The van der Waals surface area contributed by atoms with Crippen LogP contribution in [0, 0.1) is 5.82 Å². The van der Waals surface area contributed by atoms with E-state index in [4.69, 9.17) is 4.74 Å². The smallest absolute Gasteiger partial charge is 0.409 e. The van der Waals surface area contributed by atoms with Gasteiger partial charge < -0.3 is 15.0 Å². The molecule has 2 N–H and O–H groups in total. The predicted octanol–water partition coefficient (Wildman–Crippen LogP) is 4.27. The van der Waals surface area contributed by atoms with Crippen LogP contribution >= 0.6 is 0 Å². The molecular formula is C22H25FN6O3. The first-order chi connectivity index (χ1) is 15.5. The average molecular weight is 440 g/mol. The van der Waals surface area contributed by atoms with Gasteiger partial charge in [0.15, 0.2) is 0 Å². The Kier molecular flexibility index (Phi) is 7.85. The summed E-state index contributed by atoms with van der Waals surface area (Å²) in [6.45, 7) is 4.96. The first kappa shape index (κ1) is 22.9. The molecule has 2 aromatic carbocycles. The van der Waals surface area contributed by atoms with Crippen molar-refractivity contribution in [3.63, 3.8) is 0 Å². The van der Waals surface area contributed by atoms with Crippen molar-refractivity contribution < 1.29 is 18.7 Å². The van der Waals surface area contributed by atoms with E-state index in [-0.39, 0.29) is 11.3 Å². The number of carbonyl (C=O) groups is 2. The van der Waals surface area contributed by atoms with E-state index < -0.39 is 17.8 Å². The number of hydrogen-bond donors (Lipinski definition) is 2. The Morgan fingerprint density at radius 3 is 2.56 bits per heavy atom. The molecule has 9 nitrogen and oxygen atoms in total. The van der Waals surface area contributed by atoms with Crippen LogP contribution in [-0.2, 0) is 0 Å². The molecule has 0 spiro atoms. The zero-order valence-electron chi connectivity index (χ0n) is 18.0. The van der Waals surface area contributed by atoms with Crippen LogP contribution < -0.4 is 10.1 Å². The minimum Gasteiger partial charge on any atom is -0.409 e. The third-order valence-corrected chi connectivity index (χ3v) is 4.80. The second-order valence-electron chi connectivity index (χ2n) is 7.06. The molecule has 0 aliphatic heterocycles. The molecule has 168 valence electrons. The summed E-state index contributed by atoms with van der Waals surface area (Å²) in [7, 11) is 0. The van der Waals surface area contributed by atoms with E-state index in [0.717, 1.165) is 31.4 Å². The number of nitrogens with zero attached hydrogens (tertiary/aromatic N) is 4. The predicted molar refractivity (Wildman–Crippen MR) is 117 cm³/mol. The highest BCUT2D eigenvalue weighted by atomic mass is 19.1. The molecule has 1 heterocycles. The maximum Gasteiger partial charge on any atom is 0.415 e. The summed E-state index contributed by atoms with van der Waals surface area (Å²) in [6.07, 6.45) is 2.31. The van der Waals surface area contributed by atoms with Crippen LogP contribution in [0.2, 0.25) is 0 Å². The zero-order chi connectivity index (χ0) is 22.9. The number of carbonyl (C=O) groups excluding carboxylic acids is 2. The number of tetrazole rings is 1. The number of amides is 2. The standard InChI is InChI=1S/C22H25FN6O3/c1-3-5-6-13-29(4-2)22(31)32-19-12-9-16(23)14-18(19)21(30)24-17-10-7-15(8-11-17)20-25-27-28-26-20/h7-12,14H,3-6,13H2,1-2H3,(H,24,30)(H,25,26,27,28). The molecule has 0 saturated carbocycles. The molecule has 3 rings (SSSR count). The van der Waals surface area contributed by atoms with E-state index in [2.05, 4.69) is 32.9 Å². The summed E-state index contributed by atoms with van der Waals surface area (Å²) in [5.41, 5.74) is 1.10. The molecule has 0 radical (unpaired) electrons. The van der Waals surface area contributed by atoms with Gasteiger partial charge in [0.05, 0.1) is 5.56 Å². The number of rotatable bonds is 9. The summed E-state index contributed by atoms with van der Waals surface area (Å²) in [5.74, 6) is -0.806. The van der Waals surface area contributed by atoms with Crippen LogP contribution in [0.3, 0.4) is 0 Å². The van der Waals surface area contributed by atoms with Gasteiger partial charge in [-0.25, -0.2) is 9.18 Å². The number of H-pyrrole nitrogens is 1. The van der Waals surface area contributed by atoms with Crippen LogP contribution in [0.5, 0.6) is 5.75 Å². The lowest BCUT2D eigenvalue weighted by Crippen LogP contribution is -2.34. The third kappa shape index (κ3) is 5.87. The Labute approximate surface area is 185 Å². The van der Waals surface area contributed by atoms with E-state index in [1.165, 1.54) is 6.07 Å². The fourth-order valence-corrected chi connectivity index (χ4v) is 3.04. The minimum absolute atomic E-state index is 0.00809. The number of benzene rings is 2. The number of anilines is 1. The molecule has 0 atom stereocenters. The van der Waals surface area contributed by atoms with Gasteiger partial charge in [0.1, 0.15) is 11.6 Å². The fraction of sp³-hybridized carbons (Fsp3) is 0.318. The van der Waals surface area contributed by atoms with Crippen LogP contribution in [0.4, 0.5) is 14.9 Å². The fourth-order valence-electron chi connectivity index (χ4n) is 3.04. The van der Waals surface area contributed by atoms with Crippen molar-refractivity contribution in [1.29, 1.82) is 0 Å². The largest absolute Gasteiger partial charge is 0.415 e. The number of halogens is 1. The Hall–Kier alpha value is -3.82. The summed E-state index contributed by atoms with van der Waals surface area (Å²) in [6, 6.07) is 10.2. The Morgan fingerprint density at radius 1 is 1.12 bits per heavy atom. The summed E-state index contributed by atoms with van der Waals surface area (Å²) < 4.78 is 19.3. The lowest BCUT2D eigenvalue weighted by atomic mass is 10.1. The van der Waals surface area contributed by atoms with Crippen molar-refractivity contribution in [1.82, 2.24) is 25.5 Å². The van der Waals surface area contributed by atoms with Crippen LogP contribution in [0.25, 0.3) is 11.4 Å². The average Bonchev–Trinajstić information content (AvgIpc) is 3.33. The Morgan fingerprint density at radius 2 is 1.91 bits per heavy atom. The highest BCUT2D eigenvalue weighted by Crippen LogP contribution is 2.23. The normalized spacial score (nSPS) is 10.6. The molecule has 3 aromatic rings. The van der Waals surface area contributed by atoms with Gasteiger partial charge in [-0.2, -0.15) is 5.21 Å². The van der Waals surface area contributed by atoms with Crippen LogP contribution in [0.15, 0.2) is 42.5 Å². The Balaban J connectivity index is 1.72. The van der Waals surface area contributed by atoms with E-state index in [0.29, 0.717) is 30.2 Å². The van der Waals surface area contributed by atoms with Gasteiger partial charge in [-0.1, -0.05) is 19.8 Å². The summed E-state index contributed by atoms with van der Waals surface area (Å²) in [5, 5.41) is 16.3. The SMILES string of the molecule is CCCCCN(CC)C(=O)Oc1ccc(F)cc1C(=O)Nc1ccc(-c2nn[nH]n2)cc1. The van der Waals surface area contributed by atoms with Gasteiger partial charge in [0.2, 0.25) is 5.82 Å². The first-order valence-electron chi connectivity index (χ1n) is 10.4. The number of hydrogen-bond acceptors (Lipinski definition) is 6. The monoisotopic (exact) mass is 440 g/mol. The maximum absolute atomic E-state index is 13.9. The van der Waals surface area contributed by atoms with Crippen molar-refractivity contribution in [3.05, 3.63) is 53.8 Å². The minimum atomic E-state index is -0.613. The van der Waals surface area contributed by atoms with Gasteiger partial charge in [-0.15, -0.1) is 10.2 Å². The molecular weight excluding hydrogens is 415 g/mol. The number of aromatic amines is 1. The van der Waals surface area contributed by atoms with Crippen molar-refractivity contribution in [2.45, 2.75) is 33.1 Å². The van der Waals surface area contributed by atoms with Crippen molar-refractivity contribution >= 4 is 17.7 Å². The van der Waals surface area contributed by atoms with Gasteiger partial charge in [0.25, 0.3) is 5.91 Å². The molecule has 0 saturated heterocycles. The lowest BCUT2D eigenvalue weighted by Gasteiger charge is -2.21. The highest BCUT2D eigenvalue weighted by Gasteiger charge is 2.20. The molecule has 0 bridgehead atoms. The zero-order valence-corrected chi connectivity index (χ0v) is 18.0. The van der Waals surface area contributed by atoms with Gasteiger partial charge in [-0.05, 0) is 61.0 Å². The van der Waals surface area contributed by atoms with Crippen molar-refractivity contribution in [2.75, 3.05) is 18.4 Å². The third-order valence-electron chi connectivity index (χ3n) is 4.80. The second-order valence-corrected chi connectivity index (χ2v) is 7.06. The Bertz CT molecular complexity index is 1040. The second kappa shape index (κ2) is 11.0. The molecule has 0 fully saturated rings. The van der Waals surface area contributed by atoms with Gasteiger partial charge >= 0.3 is 6.09 Å². The number of unbranched alkanes of at least 4 members (excludes halogenated alkanes) is 2. The lowest BCUT2D eigenvalue weighted by molar-refractivity contribution is 0.102. The first-order valence-corrected chi connectivity index (χ1v) is 10.4. The van der Waals surface area contributed by atoms with Gasteiger partial charge in [0, 0.05) is 24.3 Å². The maximum atomic E-state index is 13.9. The molecule has 10 heteroatoms. The topological polar surface area (TPSA) is 113 Å². The summed E-state index contributed by atoms with van der Waals surface area (Å²) >= 11 is 0. The van der Waals surface area contributed by atoms with E-state index in [1.54, 1.807) is 29.2 Å². The van der Waals surface area contributed by atoms with Crippen molar-refractivity contribution in [2.24, 2.45) is 0 Å². The van der Waals surface area contributed by atoms with E-state index in [1.807, 2.05) is 6.92 Å². The molecule has 32 heavy (non-hydrogen) atoms. The van der Waals surface area contributed by atoms with E-state index >= 15 is 0 Å². The quantitative estimate of drug-likeness (QED) is 0.481. The van der Waals surface area contributed by atoms with Gasteiger partial charge in [-0.3, -0.25) is 4.79 Å². The molecule has 0 aliphatic rings. The van der Waals surface area contributed by atoms with Crippen molar-refractivity contribution in [3.8, 4) is 17.1 Å². The van der Waals surface area contributed by atoms with Crippen LogP contribution in [-0.4, -0.2) is 50.6 Å². The number of nitrogens with one attached hydrogen (secondary N) is 2. The molecule has 1 aromatic heterocycles. The molecule has 0 unspecified atom stereocenters. The van der Waals surface area contributed by atoms with E-state index in [9.17, 15) is 14.0 Å². The molecule has 0 aliphatic carbocycles. The molecule has 2 amide bonds. The number of ether oxygens (including phenoxy) is 1. The number of aromatic nitrogens is 4. The highest BCUT2D eigenvalue weighted by molar-refractivity contribution is 6.06. The summed E-state index contributed by atoms with van der Waals surface area (Å²) in [4.78, 5) is 26.9. The van der Waals surface area contributed by atoms with Crippen LogP contribution in [0.1, 0.15) is 43.5 Å².